The number of hydrogen-bond donors (Lipinski definition) is 1. The molecule has 0 bridgehead atoms. The van der Waals surface area contributed by atoms with Crippen LogP contribution in [0.15, 0.2) is 29.4 Å². The van der Waals surface area contributed by atoms with Crippen LogP contribution in [0, 0.1) is 0 Å². The molecule has 1 aliphatic heterocycles. The number of carbonyl (C=O) groups is 1. The highest BCUT2D eigenvalue weighted by molar-refractivity contribution is 5.81. The quantitative estimate of drug-likeness (QED) is 0.679. The van der Waals surface area contributed by atoms with Gasteiger partial charge in [0.25, 0.3) is 0 Å². The lowest BCUT2D eigenvalue weighted by atomic mass is 10.1. The number of nitrogens with one attached hydrogen (secondary N) is 1. The van der Waals surface area contributed by atoms with Crippen molar-refractivity contribution in [3.8, 4) is 0 Å². The zero-order valence-electron chi connectivity index (χ0n) is 11.8. The maximum atomic E-state index is 11.0. The highest BCUT2D eigenvalue weighted by atomic mass is 16.5. The van der Waals surface area contributed by atoms with E-state index in [1.807, 2.05) is 12.1 Å². The van der Waals surface area contributed by atoms with Gasteiger partial charge in [-0.1, -0.05) is 12.1 Å². The summed E-state index contributed by atoms with van der Waals surface area (Å²) in [6.07, 6.45) is 4.95. The lowest BCUT2D eigenvalue weighted by Crippen LogP contribution is -2.29. The molecule has 1 fully saturated rings. The van der Waals surface area contributed by atoms with Crippen molar-refractivity contribution >= 4 is 18.0 Å². The van der Waals surface area contributed by atoms with Crippen molar-refractivity contribution in [3.05, 3.63) is 29.8 Å². The van der Waals surface area contributed by atoms with Crippen LogP contribution in [0.3, 0.4) is 0 Å². The number of amides is 1. The molecule has 0 radical (unpaired) electrons. The van der Waals surface area contributed by atoms with Crippen molar-refractivity contribution in [2.24, 2.45) is 5.10 Å². The summed E-state index contributed by atoms with van der Waals surface area (Å²) in [5, 5.41) is 3.84. The third-order valence-corrected chi connectivity index (χ3v) is 3.26. The second-order valence-electron chi connectivity index (χ2n) is 4.73. The van der Waals surface area contributed by atoms with Gasteiger partial charge in [-0.2, -0.15) is 5.10 Å². The van der Waals surface area contributed by atoms with Gasteiger partial charge in [-0.3, -0.25) is 0 Å². The van der Waals surface area contributed by atoms with Crippen molar-refractivity contribution in [1.29, 1.82) is 0 Å². The Hall–Kier alpha value is -2.04. The lowest BCUT2D eigenvalue weighted by Gasteiger charge is -2.28. The minimum absolute atomic E-state index is 0.339. The molecule has 1 amide bonds. The van der Waals surface area contributed by atoms with Gasteiger partial charge in [0.05, 0.1) is 12.8 Å². The fourth-order valence-electron chi connectivity index (χ4n) is 2.25. The van der Waals surface area contributed by atoms with Crippen LogP contribution >= 0.6 is 0 Å². The second kappa shape index (κ2) is 7.53. The third kappa shape index (κ3) is 4.26. The second-order valence-corrected chi connectivity index (χ2v) is 4.73. The van der Waals surface area contributed by atoms with Crippen LogP contribution in [0.5, 0.6) is 0 Å². The number of benzene rings is 1. The molecule has 0 unspecified atom stereocenters. The fourth-order valence-corrected chi connectivity index (χ4v) is 2.25. The zero-order valence-corrected chi connectivity index (χ0v) is 11.8. The Labute approximate surface area is 119 Å². The van der Waals surface area contributed by atoms with Crippen molar-refractivity contribution in [1.82, 2.24) is 5.43 Å². The molecule has 1 aliphatic rings. The highest BCUT2D eigenvalue weighted by Crippen LogP contribution is 2.19. The van der Waals surface area contributed by atoms with E-state index < -0.39 is 6.09 Å². The summed E-state index contributed by atoms with van der Waals surface area (Å²) < 4.78 is 4.71. The normalized spacial score (nSPS) is 15.3. The maximum Gasteiger partial charge on any atom is 0.427 e. The topological polar surface area (TPSA) is 53.9 Å². The van der Waals surface area contributed by atoms with E-state index in [0.717, 1.165) is 18.7 Å². The van der Waals surface area contributed by atoms with Crippen molar-refractivity contribution in [3.63, 3.8) is 0 Å². The molecule has 5 nitrogen and oxygen atoms in total. The van der Waals surface area contributed by atoms with E-state index >= 15 is 0 Å². The molecule has 1 N–H and O–H groups in total. The van der Waals surface area contributed by atoms with Gasteiger partial charge in [0, 0.05) is 18.8 Å². The predicted molar refractivity (Wildman–Crippen MR) is 80.3 cm³/mol. The summed E-state index contributed by atoms with van der Waals surface area (Å²) >= 11 is 0. The number of hydrogen-bond acceptors (Lipinski definition) is 4. The van der Waals surface area contributed by atoms with E-state index in [4.69, 9.17) is 4.74 Å². The maximum absolute atomic E-state index is 11.0. The predicted octanol–water partition coefficient (Wildman–Crippen LogP) is 2.76. The first kappa shape index (κ1) is 14.4. The van der Waals surface area contributed by atoms with Gasteiger partial charge in [-0.15, -0.1) is 0 Å². The van der Waals surface area contributed by atoms with E-state index in [0.29, 0.717) is 6.61 Å². The molecule has 0 atom stereocenters. The van der Waals surface area contributed by atoms with Gasteiger partial charge in [0.1, 0.15) is 0 Å². The average molecular weight is 275 g/mol. The molecule has 5 heteroatoms. The first-order chi connectivity index (χ1) is 9.79. The van der Waals surface area contributed by atoms with Gasteiger partial charge >= 0.3 is 6.09 Å². The van der Waals surface area contributed by atoms with E-state index in [1.54, 1.807) is 13.1 Å². The molecule has 108 valence electrons. The van der Waals surface area contributed by atoms with Gasteiger partial charge in [0.2, 0.25) is 0 Å². The van der Waals surface area contributed by atoms with Crippen molar-refractivity contribution < 1.29 is 9.53 Å². The molecule has 2 rings (SSSR count). The molecule has 0 spiro atoms. The number of piperidine rings is 1. The monoisotopic (exact) mass is 275 g/mol. The number of anilines is 1. The Morgan fingerprint density at radius 2 is 2.00 bits per heavy atom. The third-order valence-electron chi connectivity index (χ3n) is 3.26. The molecule has 0 aliphatic carbocycles. The summed E-state index contributed by atoms with van der Waals surface area (Å²) in [5.41, 5.74) is 4.50. The van der Waals surface area contributed by atoms with Crippen LogP contribution in [-0.4, -0.2) is 32.0 Å². The number of nitrogens with zero attached hydrogens (tertiary/aromatic N) is 2. The molecule has 0 saturated carbocycles. The summed E-state index contributed by atoms with van der Waals surface area (Å²) in [4.78, 5) is 13.4. The summed E-state index contributed by atoms with van der Waals surface area (Å²) in [7, 11) is 0. The summed E-state index contributed by atoms with van der Waals surface area (Å²) in [6.45, 7) is 4.37. The Kier molecular flexibility index (Phi) is 5.41. The summed E-state index contributed by atoms with van der Waals surface area (Å²) in [5.74, 6) is 0. The molecule has 0 aromatic heterocycles. The van der Waals surface area contributed by atoms with E-state index in [-0.39, 0.29) is 0 Å². The van der Waals surface area contributed by atoms with Gasteiger partial charge in [-0.25, -0.2) is 10.2 Å². The number of rotatable bonds is 4. The number of hydrazone groups is 1. The first-order valence-corrected chi connectivity index (χ1v) is 7.10. The first-order valence-electron chi connectivity index (χ1n) is 7.10. The summed E-state index contributed by atoms with van der Waals surface area (Å²) in [6, 6.07) is 8.19. The lowest BCUT2D eigenvalue weighted by molar-refractivity contribution is 0.152. The van der Waals surface area contributed by atoms with Crippen LogP contribution < -0.4 is 10.3 Å². The van der Waals surface area contributed by atoms with E-state index in [2.05, 4.69) is 27.6 Å². The number of ether oxygens (including phenoxy) is 1. The molecule has 1 aromatic rings. The van der Waals surface area contributed by atoms with Crippen LogP contribution in [0.2, 0.25) is 0 Å². The van der Waals surface area contributed by atoms with Crippen LogP contribution in [0.4, 0.5) is 10.5 Å². The van der Waals surface area contributed by atoms with Gasteiger partial charge < -0.3 is 9.64 Å². The zero-order chi connectivity index (χ0) is 14.2. The molecule has 20 heavy (non-hydrogen) atoms. The van der Waals surface area contributed by atoms with Crippen LogP contribution in [0.25, 0.3) is 0 Å². The standard InChI is InChI=1S/C15H21N3O2/c1-2-20-15(19)17-16-12-13-6-8-14(9-7-13)18-10-4-3-5-11-18/h6-9,12H,2-5,10-11H2,1H3,(H,17,19)/b16-12+. The highest BCUT2D eigenvalue weighted by Gasteiger charge is 2.10. The molecular formula is C15H21N3O2. The Morgan fingerprint density at radius 3 is 2.65 bits per heavy atom. The fraction of sp³-hybridized carbons (Fsp3) is 0.467. The molecular weight excluding hydrogens is 254 g/mol. The van der Waals surface area contributed by atoms with Crippen molar-refractivity contribution in [2.45, 2.75) is 26.2 Å². The molecule has 1 aromatic carbocycles. The van der Waals surface area contributed by atoms with Gasteiger partial charge in [0.15, 0.2) is 0 Å². The number of carbonyl (C=O) groups excluding carboxylic acids is 1. The van der Waals surface area contributed by atoms with Crippen molar-refractivity contribution in [2.75, 3.05) is 24.6 Å². The van der Waals surface area contributed by atoms with E-state index in [9.17, 15) is 4.79 Å². The minimum atomic E-state index is -0.534. The largest absolute Gasteiger partial charge is 0.449 e. The molecule has 1 saturated heterocycles. The van der Waals surface area contributed by atoms with Crippen LogP contribution in [-0.2, 0) is 4.74 Å². The van der Waals surface area contributed by atoms with E-state index in [1.165, 1.54) is 24.9 Å². The Bertz CT molecular complexity index is 451. The Morgan fingerprint density at radius 1 is 1.30 bits per heavy atom. The van der Waals surface area contributed by atoms with Crippen LogP contribution in [0.1, 0.15) is 31.7 Å². The average Bonchev–Trinajstić information content (AvgIpc) is 2.49. The Balaban J connectivity index is 1.87. The molecule has 1 heterocycles. The smallest absolute Gasteiger partial charge is 0.427 e. The van der Waals surface area contributed by atoms with Gasteiger partial charge in [-0.05, 0) is 43.9 Å². The SMILES string of the molecule is CCOC(=O)N/N=C/c1ccc(N2CCCCC2)cc1. The minimum Gasteiger partial charge on any atom is -0.449 e.